The quantitative estimate of drug-likeness (QED) is 0.800. The van der Waals surface area contributed by atoms with Crippen LogP contribution in [0.4, 0.5) is 5.69 Å². The van der Waals surface area contributed by atoms with Gasteiger partial charge in [-0.3, -0.25) is 9.69 Å². The fourth-order valence-corrected chi connectivity index (χ4v) is 4.97. The summed E-state index contributed by atoms with van der Waals surface area (Å²) in [7, 11) is -3.51. The summed E-state index contributed by atoms with van der Waals surface area (Å²) in [6.45, 7) is 9.88. The van der Waals surface area contributed by atoms with Crippen molar-refractivity contribution in [1.29, 1.82) is 0 Å². The summed E-state index contributed by atoms with van der Waals surface area (Å²) in [6.07, 6.45) is 0. The Bertz CT molecular complexity index is 907. The largest absolute Gasteiger partial charge is 0.348 e. The van der Waals surface area contributed by atoms with Gasteiger partial charge in [0.2, 0.25) is 15.9 Å². The third kappa shape index (κ3) is 4.63. The highest BCUT2D eigenvalue weighted by Crippen LogP contribution is 2.20. The molecule has 2 heterocycles. The summed E-state index contributed by atoms with van der Waals surface area (Å²) < 4.78 is 29.6. The second-order valence-corrected chi connectivity index (χ2v) is 9.16. The Hall–Kier alpha value is -2.16. The summed E-state index contributed by atoms with van der Waals surface area (Å²) in [6, 6.07) is 10.6. The summed E-state index contributed by atoms with van der Waals surface area (Å²) in [5.74, 6) is -0.183. The second kappa shape index (κ2) is 8.46. The Morgan fingerprint density at radius 1 is 0.929 bits per heavy atom. The molecule has 3 rings (SSSR count). The van der Waals surface area contributed by atoms with Crippen LogP contribution in [0.3, 0.4) is 0 Å². The Balaban J connectivity index is 1.56. The van der Waals surface area contributed by atoms with Gasteiger partial charge in [0.1, 0.15) is 0 Å². The van der Waals surface area contributed by atoms with Gasteiger partial charge in [0.25, 0.3) is 0 Å². The van der Waals surface area contributed by atoms with Crippen LogP contribution in [0.25, 0.3) is 0 Å². The zero-order valence-corrected chi connectivity index (χ0v) is 17.5. The number of hydrogen-bond donors (Lipinski definition) is 1. The molecule has 2 aromatic rings. The van der Waals surface area contributed by atoms with Gasteiger partial charge >= 0.3 is 0 Å². The van der Waals surface area contributed by atoms with Crippen LogP contribution < -0.4 is 5.32 Å². The van der Waals surface area contributed by atoms with Gasteiger partial charge in [-0.25, -0.2) is 8.42 Å². The van der Waals surface area contributed by atoms with Gasteiger partial charge in [-0.1, -0.05) is 0 Å². The zero-order valence-electron chi connectivity index (χ0n) is 16.7. The molecule has 1 aromatic carbocycles. The van der Waals surface area contributed by atoms with Crippen molar-refractivity contribution < 1.29 is 13.2 Å². The molecule has 0 spiro atoms. The van der Waals surface area contributed by atoms with E-state index in [1.165, 1.54) is 18.3 Å². The maximum atomic E-state index is 12.9. The van der Waals surface area contributed by atoms with Crippen molar-refractivity contribution in [2.24, 2.45) is 0 Å². The van der Waals surface area contributed by atoms with Gasteiger partial charge in [-0.15, -0.1) is 0 Å². The van der Waals surface area contributed by atoms with Gasteiger partial charge in [-0.2, -0.15) is 4.31 Å². The minimum Gasteiger partial charge on any atom is -0.348 e. The molecule has 1 aliphatic heterocycles. The molecule has 0 radical (unpaired) electrons. The first kappa shape index (κ1) is 20.6. The standard InChI is InChI=1S/C20H28N4O3S/c1-16-4-5-17(2)24(16)15-12-22-10-13-23(14-11-22)28(26,27)20-8-6-19(7-9-20)21-18(3)25/h4-9H,10-15H2,1-3H3,(H,21,25). The third-order valence-corrected chi connectivity index (χ3v) is 7.11. The molecule has 152 valence electrons. The summed E-state index contributed by atoms with van der Waals surface area (Å²) >= 11 is 0. The van der Waals surface area contributed by atoms with Crippen molar-refractivity contribution in [1.82, 2.24) is 13.8 Å². The van der Waals surface area contributed by atoms with Crippen LogP contribution in [-0.4, -0.2) is 60.8 Å². The van der Waals surface area contributed by atoms with E-state index in [1.807, 2.05) is 0 Å². The summed E-state index contributed by atoms with van der Waals surface area (Å²) in [5.41, 5.74) is 3.09. The number of nitrogens with one attached hydrogen (secondary N) is 1. The van der Waals surface area contributed by atoms with E-state index in [0.717, 1.165) is 26.2 Å². The van der Waals surface area contributed by atoms with E-state index < -0.39 is 10.0 Å². The van der Waals surface area contributed by atoms with E-state index in [9.17, 15) is 13.2 Å². The normalized spacial score (nSPS) is 16.2. The fraction of sp³-hybridized carbons (Fsp3) is 0.450. The number of amides is 1. The first-order valence-electron chi connectivity index (χ1n) is 9.50. The second-order valence-electron chi connectivity index (χ2n) is 7.22. The average molecular weight is 405 g/mol. The minimum atomic E-state index is -3.51. The molecule has 1 amide bonds. The topological polar surface area (TPSA) is 74.7 Å². The fourth-order valence-electron chi connectivity index (χ4n) is 3.55. The Morgan fingerprint density at radius 2 is 1.50 bits per heavy atom. The van der Waals surface area contributed by atoms with Gasteiger partial charge in [0.05, 0.1) is 4.90 Å². The van der Waals surface area contributed by atoms with E-state index in [4.69, 9.17) is 0 Å². The zero-order chi connectivity index (χ0) is 20.3. The number of carbonyl (C=O) groups is 1. The first-order valence-corrected chi connectivity index (χ1v) is 10.9. The number of anilines is 1. The molecule has 0 bridgehead atoms. The van der Waals surface area contributed by atoms with Crippen molar-refractivity contribution in [2.75, 3.05) is 38.0 Å². The lowest BCUT2D eigenvalue weighted by Crippen LogP contribution is -2.49. The monoisotopic (exact) mass is 404 g/mol. The molecule has 8 heteroatoms. The Morgan fingerprint density at radius 3 is 2.04 bits per heavy atom. The van der Waals surface area contributed by atoms with E-state index in [1.54, 1.807) is 28.6 Å². The van der Waals surface area contributed by atoms with E-state index >= 15 is 0 Å². The number of carbonyl (C=O) groups excluding carboxylic acids is 1. The van der Waals surface area contributed by atoms with E-state index in [2.05, 4.69) is 40.8 Å². The maximum Gasteiger partial charge on any atom is 0.243 e. The van der Waals surface area contributed by atoms with E-state index in [-0.39, 0.29) is 10.8 Å². The van der Waals surface area contributed by atoms with Crippen molar-refractivity contribution in [3.05, 3.63) is 47.8 Å². The van der Waals surface area contributed by atoms with E-state index in [0.29, 0.717) is 18.8 Å². The van der Waals surface area contributed by atoms with Crippen molar-refractivity contribution in [2.45, 2.75) is 32.2 Å². The minimum absolute atomic E-state index is 0.183. The molecule has 7 nitrogen and oxygen atoms in total. The van der Waals surface area contributed by atoms with Gasteiger partial charge in [0, 0.05) is 63.3 Å². The van der Waals surface area contributed by atoms with Crippen LogP contribution in [0.1, 0.15) is 18.3 Å². The highest BCUT2D eigenvalue weighted by atomic mass is 32.2. The molecule has 0 unspecified atom stereocenters. The summed E-state index contributed by atoms with van der Waals surface area (Å²) in [4.78, 5) is 13.7. The molecule has 1 fully saturated rings. The SMILES string of the molecule is CC(=O)Nc1ccc(S(=O)(=O)N2CCN(CCn3c(C)ccc3C)CC2)cc1. The third-order valence-electron chi connectivity index (χ3n) is 5.20. The number of sulfonamides is 1. The molecule has 1 N–H and O–H groups in total. The van der Waals surface area contributed by atoms with Crippen LogP contribution in [0.5, 0.6) is 0 Å². The molecule has 1 aliphatic rings. The Kier molecular flexibility index (Phi) is 6.22. The smallest absolute Gasteiger partial charge is 0.243 e. The number of nitrogens with zero attached hydrogens (tertiary/aromatic N) is 3. The van der Waals surface area contributed by atoms with Crippen LogP contribution in [0.15, 0.2) is 41.3 Å². The maximum absolute atomic E-state index is 12.9. The predicted octanol–water partition coefficient (Wildman–Crippen LogP) is 2.07. The average Bonchev–Trinajstić information content (AvgIpc) is 2.98. The number of aryl methyl sites for hydroxylation is 2. The number of piperazine rings is 1. The highest BCUT2D eigenvalue weighted by molar-refractivity contribution is 7.89. The van der Waals surface area contributed by atoms with Crippen LogP contribution in [0.2, 0.25) is 0 Å². The van der Waals surface area contributed by atoms with Crippen molar-refractivity contribution >= 4 is 21.6 Å². The van der Waals surface area contributed by atoms with Crippen LogP contribution >= 0.6 is 0 Å². The van der Waals surface area contributed by atoms with Crippen molar-refractivity contribution in [3.63, 3.8) is 0 Å². The molecule has 1 saturated heterocycles. The van der Waals surface area contributed by atoms with Gasteiger partial charge in [-0.05, 0) is 50.2 Å². The number of hydrogen-bond acceptors (Lipinski definition) is 4. The summed E-state index contributed by atoms with van der Waals surface area (Å²) in [5, 5.41) is 2.65. The molecular weight excluding hydrogens is 376 g/mol. The number of rotatable bonds is 6. The van der Waals surface area contributed by atoms with Crippen LogP contribution in [0, 0.1) is 13.8 Å². The highest BCUT2D eigenvalue weighted by Gasteiger charge is 2.28. The lowest BCUT2D eigenvalue weighted by Gasteiger charge is -2.34. The lowest BCUT2D eigenvalue weighted by molar-refractivity contribution is -0.114. The molecule has 28 heavy (non-hydrogen) atoms. The Labute approximate surface area is 167 Å². The lowest BCUT2D eigenvalue weighted by atomic mass is 10.3. The number of benzene rings is 1. The molecule has 0 aliphatic carbocycles. The molecule has 1 aromatic heterocycles. The van der Waals surface area contributed by atoms with Gasteiger partial charge < -0.3 is 9.88 Å². The van der Waals surface area contributed by atoms with Gasteiger partial charge in [0.15, 0.2) is 0 Å². The molecular formula is C20H28N4O3S. The number of aromatic nitrogens is 1. The van der Waals surface area contributed by atoms with Crippen molar-refractivity contribution in [3.8, 4) is 0 Å². The molecule has 0 atom stereocenters. The first-order chi connectivity index (χ1) is 13.3. The predicted molar refractivity (Wildman–Crippen MR) is 110 cm³/mol. The molecule has 0 saturated carbocycles. The van der Waals surface area contributed by atoms with Crippen LogP contribution in [-0.2, 0) is 21.4 Å².